The van der Waals surface area contributed by atoms with E-state index in [2.05, 4.69) is 13.2 Å². The van der Waals surface area contributed by atoms with Gasteiger partial charge in [0.15, 0.2) is 0 Å². The fraction of sp³-hybridized carbons (Fsp3) is 0.750. The molecule has 7 heteroatoms. The molecule has 154 valence electrons. The lowest BCUT2D eigenvalue weighted by atomic mass is 9.76. The molecule has 0 aromatic rings. The van der Waals surface area contributed by atoms with Gasteiger partial charge in [-0.3, -0.25) is 0 Å². The third kappa shape index (κ3) is 6.66. The van der Waals surface area contributed by atoms with Crippen LogP contribution in [0.2, 0.25) is 0 Å². The molecule has 1 aliphatic rings. The highest BCUT2D eigenvalue weighted by Crippen LogP contribution is 2.39. The van der Waals surface area contributed by atoms with E-state index < -0.39 is 30.0 Å². The van der Waals surface area contributed by atoms with Gasteiger partial charge in [-0.1, -0.05) is 6.08 Å². The lowest BCUT2D eigenvalue weighted by Crippen LogP contribution is -2.42. The summed E-state index contributed by atoms with van der Waals surface area (Å²) in [7, 11) is 1.12. The van der Waals surface area contributed by atoms with Crippen molar-refractivity contribution in [3.8, 4) is 0 Å². The second kappa shape index (κ2) is 8.80. The monoisotopic (exact) mass is 381 g/mol. The fourth-order valence-electron chi connectivity index (χ4n) is 2.57. The van der Waals surface area contributed by atoms with Crippen LogP contribution >= 0.6 is 0 Å². The predicted octanol–water partition coefficient (Wildman–Crippen LogP) is 4.00. The molecule has 0 aliphatic carbocycles. The highest BCUT2D eigenvalue weighted by Gasteiger charge is 2.52. The van der Waals surface area contributed by atoms with Gasteiger partial charge < -0.3 is 23.7 Å². The standard InChI is InChI=1S/C20H36BNO5/c1-11-12-22(17(23)25-18(3,4)5)14-16(24-10)13-15(2)21-26-19(6,7)20(8,9)27-21/h11,16H,1-2,12-14H2,3-10H3. The van der Waals surface area contributed by atoms with E-state index in [1.54, 1.807) is 18.1 Å². The van der Waals surface area contributed by atoms with E-state index in [4.69, 9.17) is 18.8 Å². The molecular weight excluding hydrogens is 345 g/mol. The molecule has 0 aromatic carbocycles. The molecule has 6 nitrogen and oxygen atoms in total. The summed E-state index contributed by atoms with van der Waals surface area (Å²) < 4.78 is 23.1. The van der Waals surface area contributed by atoms with Crippen LogP contribution in [-0.2, 0) is 18.8 Å². The third-order valence-corrected chi connectivity index (χ3v) is 4.83. The molecule has 1 unspecified atom stereocenters. The van der Waals surface area contributed by atoms with Crippen molar-refractivity contribution in [1.82, 2.24) is 4.90 Å². The highest BCUT2D eigenvalue weighted by molar-refractivity contribution is 6.54. The smallest absolute Gasteiger partial charge is 0.444 e. The maximum Gasteiger partial charge on any atom is 0.490 e. The number of methoxy groups -OCH3 is 1. The average molecular weight is 381 g/mol. The van der Waals surface area contributed by atoms with Crippen LogP contribution in [0.4, 0.5) is 4.79 Å². The first-order chi connectivity index (χ1) is 12.2. The lowest BCUT2D eigenvalue weighted by Gasteiger charge is -2.32. The van der Waals surface area contributed by atoms with E-state index in [0.29, 0.717) is 19.5 Å². The molecule has 27 heavy (non-hydrogen) atoms. The summed E-state index contributed by atoms with van der Waals surface area (Å²) in [5, 5.41) is 0. The van der Waals surface area contributed by atoms with Gasteiger partial charge in [0.25, 0.3) is 0 Å². The van der Waals surface area contributed by atoms with Crippen LogP contribution in [0.15, 0.2) is 24.7 Å². The Morgan fingerprint density at radius 3 is 2.15 bits per heavy atom. The number of amides is 1. The molecule has 1 aliphatic heterocycles. The molecule has 1 atom stereocenters. The minimum absolute atomic E-state index is 0.260. The Kier molecular flexibility index (Phi) is 7.73. The van der Waals surface area contributed by atoms with Crippen LogP contribution in [0.25, 0.3) is 0 Å². The quantitative estimate of drug-likeness (QED) is 0.470. The zero-order valence-electron chi connectivity index (χ0n) is 18.3. The Labute approximate surface area is 165 Å². The number of carbonyl (C=O) groups is 1. The van der Waals surface area contributed by atoms with E-state index >= 15 is 0 Å². The number of carbonyl (C=O) groups excluding carboxylic acids is 1. The van der Waals surface area contributed by atoms with Crippen molar-refractivity contribution in [1.29, 1.82) is 0 Å². The van der Waals surface area contributed by atoms with Gasteiger partial charge in [0.2, 0.25) is 0 Å². The zero-order valence-corrected chi connectivity index (χ0v) is 18.3. The molecule has 1 fully saturated rings. The Balaban J connectivity index is 2.75. The maximum absolute atomic E-state index is 12.4. The summed E-state index contributed by atoms with van der Waals surface area (Å²) >= 11 is 0. The van der Waals surface area contributed by atoms with Crippen molar-refractivity contribution >= 4 is 13.2 Å². The predicted molar refractivity (Wildman–Crippen MR) is 109 cm³/mol. The van der Waals surface area contributed by atoms with Crippen LogP contribution in [0, 0.1) is 0 Å². The minimum Gasteiger partial charge on any atom is -0.444 e. The number of rotatable bonds is 8. The van der Waals surface area contributed by atoms with Gasteiger partial charge in [0, 0.05) is 13.7 Å². The highest BCUT2D eigenvalue weighted by atomic mass is 16.7. The van der Waals surface area contributed by atoms with Crippen molar-refractivity contribution in [2.24, 2.45) is 0 Å². The molecule has 1 saturated heterocycles. The van der Waals surface area contributed by atoms with Gasteiger partial charge in [-0.15, -0.1) is 13.2 Å². The fourth-order valence-corrected chi connectivity index (χ4v) is 2.57. The number of nitrogens with zero attached hydrogens (tertiary/aromatic N) is 1. The number of hydrogen-bond donors (Lipinski definition) is 0. The van der Waals surface area contributed by atoms with Gasteiger partial charge in [-0.05, 0) is 60.4 Å². The van der Waals surface area contributed by atoms with Crippen molar-refractivity contribution < 1.29 is 23.6 Å². The topological polar surface area (TPSA) is 57.2 Å². The molecule has 1 heterocycles. The summed E-state index contributed by atoms with van der Waals surface area (Å²) in [6.07, 6.45) is 1.51. The van der Waals surface area contributed by atoms with E-state index in [1.807, 2.05) is 48.5 Å². The van der Waals surface area contributed by atoms with Gasteiger partial charge in [0.05, 0.1) is 23.9 Å². The number of ether oxygens (including phenoxy) is 2. The van der Waals surface area contributed by atoms with Crippen molar-refractivity contribution in [2.45, 2.75) is 77.8 Å². The van der Waals surface area contributed by atoms with Crippen molar-refractivity contribution in [3.05, 3.63) is 24.7 Å². The molecule has 0 aromatic heterocycles. The van der Waals surface area contributed by atoms with Crippen LogP contribution in [0.5, 0.6) is 0 Å². The van der Waals surface area contributed by atoms with E-state index in [0.717, 1.165) is 5.47 Å². The SMILES string of the molecule is C=CCN(CC(CC(=C)B1OC(C)(C)C(C)(C)O1)OC)C(=O)OC(C)(C)C. The summed E-state index contributed by atoms with van der Waals surface area (Å²) in [5.74, 6) is 0. The minimum atomic E-state index is -0.564. The Morgan fingerprint density at radius 2 is 1.74 bits per heavy atom. The Bertz CT molecular complexity index is 537. The average Bonchev–Trinajstić information content (AvgIpc) is 2.72. The number of hydrogen-bond acceptors (Lipinski definition) is 5. The molecule has 0 N–H and O–H groups in total. The first-order valence-corrected chi connectivity index (χ1v) is 9.37. The Hall–Kier alpha value is -1.31. The van der Waals surface area contributed by atoms with Crippen LogP contribution in [-0.4, -0.2) is 61.2 Å². The molecule has 1 amide bonds. The van der Waals surface area contributed by atoms with Gasteiger partial charge >= 0.3 is 13.2 Å². The molecule has 0 radical (unpaired) electrons. The van der Waals surface area contributed by atoms with Crippen molar-refractivity contribution in [3.63, 3.8) is 0 Å². The van der Waals surface area contributed by atoms with E-state index in [9.17, 15) is 4.79 Å². The molecule has 1 rings (SSSR count). The summed E-state index contributed by atoms with van der Waals surface area (Å²) in [5.41, 5.74) is -0.627. The van der Waals surface area contributed by atoms with E-state index in [1.165, 1.54) is 0 Å². The second-order valence-corrected chi connectivity index (χ2v) is 8.98. The summed E-state index contributed by atoms with van der Waals surface area (Å²) in [6.45, 7) is 22.1. The first-order valence-electron chi connectivity index (χ1n) is 9.37. The summed E-state index contributed by atoms with van der Waals surface area (Å²) in [6, 6.07) is 0. The molecule has 0 bridgehead atoms. The first kappa shape index (κ1) is 23.7. The van der Waals surface area contributed by atoms with Crippen LogP contribution in [0.3, 0.4) is 0 Å². The summed E-state index contributed by atoms with van der Waals surface area (Å²) in [4.78, 5) is 14.0. The normalized spacial score (nSPS) is 19.5. The molecule has 0 spiro atoms. The maximum atomic E-state index is 12.4. The molecular formula is C20H36BNO5. The molecule has 0 saturated carbocycles. The van der Waals surface area contributed by atoms with Crippen LogP contribution in [0.1, 0.15) is 54.9 Å². The Morgan fingerprint density at radius 1 is 1.22 bits per heavy atom. The van der Waals surface area contributed by atoms with Crippen molar-refractivity contribution in [2.75, 3.05) is 20.2 Å². The van der Waals surface area contributed by atoms with E-state index in [-0.39, 0.29) is 6.10 Å². The largest absolute Gasteiger partial charge is 0.490 e. The van der Waals surface area contributed by atoms with Gasteiger partial charge in [0.1, 0.15) is 5.60 Å². The second-order valence-electron chi connectivity index (χ2n) is 8.98. The van der Waals surface area contributed by atoms with Gasteiger partial charge in [-0.25, -0.2) is 4.79 Å². The van der Waals surface area contributed by atoms with Crippen LogP contribution < -0.4 is 0 Å². The van der Waals surface area contributed by atoms with Gasteiger partial charge in [-0.2, -0.15) is 0 Å². The lowest BCUT2D eigenvalue weighted by molar-refractivity contribution is 0.00578. The zero-order chi connectivity index (χ0) is 21.0. The third-order valence-electron chi connectivity index (χ3n) is 4.83.